The first-order valence-electron chi connectivity index (χ1n) is 11.2. The molecule has 0 spiro atoms. The first kappa shape index (κ1) is 24.4. The van der Waals surface area contributed by atoms with Gasteiger partial charge in [-0.15, -0.1) is 11.8 Å². The van der Waals surface area contributed by atoms with Crippen molar-refractivity contribution in [1.82, 2.24) is 0 Å². The lowest BCUT2D eigenvalue weighted by Crippen LogP contribution is -2.16. The van der Waals surface area contributed by atoms with Crippen molar-refractivity contribution in [2.24, 2.45) is 0 Å². The normalized spacial score (nSPS) is 11.5. The zero-order valence-electron chi connectivity index (χ0n) is 18.0. The predicted octanol–water partition coefficient (Wildman–Crippen LogP) is 6.53. The number of methoxy groups -OCH3 is 1. The zero-order chi connectivity index (χ0) is 20.3. The predicted molar refractivity (Wildman–Crippen MR) is 118 cm³/mol. The summed E-state index contributed by atoms with van der Waals surface area (Å²) in [4.78, 5) is 0. The Morgan fingerprint density at radius 1 is 0.786 bits per heavy atom. The highest BCUT2D eigenvalue weighted by Crippen LogP contribution is 2.17. The van der Waals surface area contributed by atoms with E-state index < -0.39 is 6.10 Å². The molecule has 1 atom stereocenters. The number of aliphatic hydroxyl groups excluding tert-OH is 1. The van der Waals surface area contributed by atoms with E-state index in [2.05, 4.69) is 18.8 Å². The number of benzene rings is 1. The summed E-state index contributed by atoms with van der Waals surface area (Å²) in [5.41, 5.74) is 0. The molecule has 0 aliphatic rings. The molecule has 0 heterocycles. The highest BCUT2D eigenvalue weighted by Gasteiger charge is 2.03. The molecule has 0 amide bonds. The summed E-state index contributed by atoms with van der Waals surface area (Å²) < 4.78 is 10.7. The molecule has 0 aliphatic heterocycles. The lowest BCUT2D eigenvalue weighted by Gasteiger charge is -2.10. The zero-order valence-corrected chi connectivity index (χ0v) is 18.0. The minimum atomic E-state index is -0.549. The maximum absolute atomic E-state index is 9.95. The van der Waals surface area contributed by atoms with Crippen molar-refractivity contribution in [3.8, 4) is 23.3 Å². The summed E-state index contributed by atoms with van der Waals surface area (Å²) >= 11 is 0. The van der Waals surface area contributed by atoms with Crippen LogP contribution in [0.1, 0.15) is 90.4 Å². The van der Waals surface area contributed by atoms with Crippen LogP contribution in [0.15, 0.2) is 24.3 Å². The van der Waals surface area contributed by atoms with E-state index in [1.165, 1.54) is 70.6 Å². The van der Waals surface area contributed by atoms with Crippen LogP contribution in [0.4, 0.5) is 0 Å². The molecule has 1 aromatic carbocycles. The second-order valence-electron chi connectivity index (χ2n) is 7.48. The molecule has 1 aromatic rings. The van der Waals surface area contributed by atoms with Crippen LogP contribution in [0.5, 0.6) is 11.5 Å². The fourth-order valence-corrected chi connectivity index (χ4v) is 3.08. The standard InChI is InChI=1S/C25H40O3/c1-3-4-5-6-7-8-9-10-11-12-13-14-15-16-17-23(26)22-28-25-20-18-24(27-2)19-21-25/h18-21,23,26H,3-14,17,22H2,1-2H3/t23-/m0/s1. The molecule has 1 N–H and O–H groups in total. The minimum absolute atomic E-state index is 0.263. The summed E-state index contributed by atoms with van der Waals surface area (Å²) in [7, 11) is 1.63. The van der Waals surface area contributed by atoms with Crippen LogP contribution in [-0.4, -0.2) is 24.9 Å². The van der Waals surface area contributed by atoms with Crippen LogP contribution < -0.4 is 9.47 Å². The van der Waals surface area contributed by atoms with Gasteiger partial charge < -0.3 is 14.6 Å². The molecule has 3 heteroatoms. The summed E-state index contributed by atoms with van der Waals surface area (Å²) in [5.74, 6) is 7.78. The van der Waals surface area contributed by atoms with Crippen LogP contribution in [0.3, 0.4) is 0 Å². The Morgan fingerprint density at radius 2 is 1.32 bits per heavy atom. The third-order valence-corrected chi connectivity index (χ3v) is 4.87. The number of hydrogen-bond acceptors (Lipinski definition) is 3. The van der Waals surface area contributed by atoms with E-state index >= 15 is 0 Å². The Kier molecular flexibility index (Phi) is 15.2. The van der Waals surface area contributed by atoms with Gasteiger partial charge in [-0.2, -0.15) is 0 Å². The fourth-order valence-electron chi connectivity index (χ4n) is 3.08. The fraction of sp³-hybridized carbons (Fsp3) is 0.680. The third kappa shape index (κ3) is 13.5. The van der Waals surface area contributed by atoms with Gasteiger partial charge in [0.1, 0.15) is 18.1 Å². The van der Waals surface area contributed by atoms with Gasteiger partial charge in [0, 0.05) is 12.8 Å². The molecule has 3 nitrogen and oxygen atoms in total. The van der Waals surface area contributed by atoms with Gasteiger partial charge in [-0.25, -0.2) is 0 Å². The van der Waals surface area contributed by atoms with Crippen molar-refractivity contribution in [3.63, 3.8) is 0 Å². The van der Waals surface area contributed by atoms with E-state index in [4.69, 9.17) is 9.47 Å². The lowest BCUT2D eigenvalue weighted by atomic mass is 10.1. The first-order valence-corrected chi connectivity index (χ1v) is 11.2. The smallest absolute Gasteiger partial charge is 0.119 e. The Morgan fingerprint density at radius 3 is 1.89 bits per heavy atom. The molecule has 158 valence electrons. The molecule has 0 unspecified atom stereocenters. The van der Waals surface area contributed by atoms with E-state index in [0.29, 0.717) is 6.42 Å². The lowest BCUT2D eigenvalue weighted by molar-refractivity contribution is 0.111. The summed E-state index contributed by atoms with van der Waals surface area (Å²) in [6, 6.07) is 7.36. The molecule has 1 rings (SSSR count). The van der Waals surface area contributed by atoms with Gasteiger partial charge in [-0.3, -0.25) is 0 Å². The van der Waals surface area contributed by atoms with E-state index in [9.17, 15) is 5.11 Å². The van der Waals surface area contributed by atoms with Gasteiger partial charge >= 0.3 is 0 Å². The van der Waals surface area contributed by atoms with E-state index in [1.807, 2.05) is 24.3 Å². The van der Waals surface area contributed by atoms with Gasteiger partial charge in [0.2, 0.25) is 0 Å². The Labute approximate surface area is 172 Å². The molecule has 0 aromatic heterocycles. The van der Waals surface area contributed by atoms with Gasteiger partial charge in [0.25, 0.3) is 0 Å². The van der Waals surface area contributed by atoms with Crippen LogP contribution >= 0.6 is 0 Å². The van der Waals surface area contributed by atoms with E-state index in [0.717, 1.165) is 17.9 Å². The first-order chi connectivity index (χ1) is 13.8. The number of ether oxygens (including phenoxy) is 2. The topological polar surface area (TPSA) is 38.7 Å². The number of rotatable bonds is 16. The van der Waals surface area contributed by atoms with Gasteiger partial charge in [-0.05, 0) is 30.7 Å². The Hall–Kier alpha value is -1.66. The Bertz CT molecular complexity index is 527. The third-order valence-electron chi connectivity index (χ3n) is 4.87. The summed E-state index contributed by atoms with van der Waals surface area (Å²) in [5, 5.41) is 9.95. The highest BCUT2D eigenvalue weighted by atomic mass is 16.5. The van der Waals surface area contributed by atoms with Crippen molar-refractivity contribution in [2.45, 2.75) is 96.5 Å². The monoisotopic (exact) mass is 388 g/mol. The van der Waals surface area contributed by atoms with Gasteiger partial charge in [-0.1, -0.05) is 71.1 Å². The van der Waals surface area contributed by atoms with Crippen LogP contribution in [-0.2, 0) is 0 Å². The quantitative estimate of drug-likeness (QED) is 0.258. The van der Waals surface area contributed by atoms with E-state index in [1.54, 1.807) is 7.11 Å². The number of hydrogen-bond donors (Lipinski definition) is 1. The number of aliphatic hydroxyl groups is 1. The maximum atomic E-state index is 9.95. The van der Waals surface area contributed by atoms with Crippen LogP contribution in [0, 0.1) is 11.8 Å². The molecule has 0 aliphatic carbocycles. The van der Waals surface area contributed by atoms with Crippen molar-refractivity contribution >= 4 is 0 Å². The average molecular weight is 389 g/mol. The van der Waals surface area contributed by atoms with E-state index in [-0.39, 0.29) is 6.61 Å². The molecular weight excluding hydrogens is 348 g/mol. The Balaban J connectivity index is 1.92. The SMILES string of the molecule is CCCCCCCCCCCCCC#CC[C@H](O)COc1ccc(OC)cc1. The average Bonchev–Trinajstić information content (AvgIpc) is 2.73. The second-order valence-corrected chi connectivity index (χ2v) is 7.48. The van der Waals surface area contributed by atoms with Crippen LogP contribution in [0.2, 0.25) is 0 Å². The van der Waals surface area contributed by atoms with Gasteiger partial charge in [0.05, 0.1) is 13.2 Å². The van der Waals surface area contributed by atoms with Crippen molar-refractivity contribution < 1.29 is 14.6 Å². The molecule has 0 bridgehead atoms. The molecule has 0 saturated carbocycles. The van der Waals surface area contributed by atoms with Gasteiger partial charge in [0.15, 0.2) is 0 Å². The van der Waals surface area contributed by atoms with Crippen molar-refractivity contribution in [1.29, 1.82) is 0 Å². The maximum Gasteiger partial charge on any atom is 0.119 e. The molecule has 0 fully saturated rings. The second kappa shape index (κ2) is 17.4. The molecule has 0 saturated heterocycles. The van der Waals surface area contributed by atoms with Crippen molar-refractivity contribution in [3.05, 3.63) is 24.3 Å². The molecule has 0 radical (unpaired) electrons. The van der Waals surface area contributed by atoms with Crippen LogP contribution in [0.25, 0.3) is 0 Å². The molecule has 28 heavy (non-hydrogen) atoms. The number of unbranched alkanes of at least 4 members (excludes halogenated alkanes) is 11. The summed E-state index contributed by atoms with van der Waals surface area (Å²) in [6.07, 6.45) is 15.7. The molecular formula is C25H40O3. The minimum Gasteiger partial charge on any atom is -0.497 e. The van der Waals surface area contributed by atoms with Crippen molar-refractivity contribution in [2.75, 3.05) is 13.7 Å². The largest absolute Gasteiger partial charge is 0.497 e. The summed E-state index contributed by atoms with van der Waals surface area (Å²) in [6.45, 7) is 2.53. The highest BCUT2D eigenvalue weighted by molar-refractivity contribution is 5.31.